The highest BCUT2D eigenvalue weighted by Gasteiger charge is 2.28. The van der Waals surface area contributed by atoms with Crippen molar-refractivity contribution in [3.63, 3.8) is 0 Å². The van der Waals surface area contributed by atoms with E-state index in [4.69, 9.17) is 9.47 Å². The van der Waals surface area contributed by atoms with E-state index in [-0.39, 0.29) is 0 Å². The van der Waals surface area contributed by atoms with Crippen molar-refractivity contribution >= 4 is 10.0 Å². The first-order valence-electron chi connectivity index (χ1n) is 9.03. The molecule has 0 bridgehead atoms. The Morgan fingerprint density at radius 1 is 0.889 bits per heavy atom. The van der Waals surface area contributed by atoms with Crippen LogP contribution in [0.3, 0.4) is 0 Å². The van der Waals surface area contributed by atoms with E-state index in [2.05, 4.69) is 4.90 Å². The molecule has 0 aromatic heterocycles. The van der Waals surface area contributed by atoms with Crippen molar-refractivity contribution in [3.05, 3.63) is 54.1 Å². The molecule has 146 valence electrons. The minimum atomic E-state index is -3.39. The van der Waals surface area contributed by atoms with Crippen LogP contribution in [0.25, 0.3) is 0 Å². The molecule has 2 aromatic carbocycles. The van der Waals surface area contributed by atoms with Crippen LogP contribution in [0.2, 0.25) is 0 Å². The summed E-state index contributed by atoms with van der Waals surface area (Å²) in [5.41, 5.74) is 1.17. The lowest BCUT2D eigenvalue weighted by Gasteiger charge is -2.34. The number of benzene rings is 2. The summed E-state index contributed by atoms with van der Waals surface area (Å²) in [4.78, 5) is 2.66. The molecule has 0 amide bonds. The molecular formula is C20H26N2O4S. The average Bonchev–Trinajstić information content (AvgIpc) is 2.73. The van der Waals surface area contributed by atoms with Crippen LogP contribution in [0, 0.1) is 0 Å². The second-order valence-corrected chi connectivity index (χ2v) is 8.44. The van der Waals surface area contributed by atoms with E-state index in [1.165, 1.54) is 5.56 Å². The van der Waals surface area contributed by atoms with Crippen LogP contribution in [0.1, 0.15) is 5.56 Å². The summed E-state index contributed by atoms with van der Waals surface area (Å²) in [6, 6.07) is 14.6. The molecule has 2 aromatic rings. The van der Waals surface area contributed by atoms with Crippen LogP contribution in [0.4, 0.5) is 0 Å². The van der Waals surface area contributed by atoms with E-state index in [0.717, 1.165) is 37.6 Å². The smallest absolute Gasteiger partial charge is 0.243 e. The largest absolute Gasteiger partial charge is 0.493 e. The highest BCUT2D eigenvalue weighted by atomic mass is 32.2. The van der Waals surface area contributed by atoms with Crippen LogP contribution >= 0.6 is 0 Å². The van der Waals surface area contributed by atoms with Gasteiger partial charge in [-0.15, -0.1) is 0 Å². The van der Waals surface area contributed by atoms with Crippen molar-refractivity contribution in [2.45, 2.75) is 11.3 Å². The van der Waals surface area contributed by atoms with Crippen molar-refractivity contribution in [1.29, 1.82) is 0 Å². The molecule has 6 nitrogen and oxygen atoms in total. The highest BCUT2D eigenvalue weighted by molar-refractivity contribution is 7.89. The van der Waals surface area contributed by atoms with Crippen LogP contribution in [-0.4, -0.2) is 64.6 Å². The van der Waals surface area contributed by atoms with Gasteiger partial charge in [-0.2, -0.15) is 4.31 Å². The van der Waals surface area contributed by atoms with Gasteiger partial charge in [0.1, 0.15) is 0 Å². The molecule has 1 heterocycles. The number of rotatable bonds is 7. The third-order valence-corrected chi connectivity index (χ3v) is 6.79. The Bertz CT molecular complexity index is 848. The summed E-state index contributed by atoms with van der Waals surface area (Å²) < 4.78 is 37.6. The maximum atomic E-state index is 12.7. The summed E-state index contributed by atoms with van der Waals surface area (Å²) in [7, 11) is -0.135. The van der Waals surface area contributed by atoms with E-state index in [1.54, 1.807) is 42.8 Å². The molecule has 27 heavy (non-hydrogen) atoms. The molecule has 7 heteroatoms. The summed E-state index contributed by atoms with van der Waals surface area (Å²) in [6.07, 6.45) is 0.881. The molecule has 0 aliphatic carbocycles. The third-order valence-electron chi connectivity index (χ3n) is 4.88. The monoisotopic (exact) mass is 390 g/mol. The number of hydrogen-bond donors (Lipinski definition) is 0. The first-order valence-corrected chi connectivity index (χ1v) is 10.5. The van der Waals surface area contributed by atoms with E-state index in [1.807, 2.05) is 24.3 Å². The number of nitrogens with zero attached hydrogens (tertiary/aromatic N) is 2. The quantitative estimate of drug-likeness (QED) is 0.726. The van der Waals surface area contributed by atoms with Gasteiger partial charge in [-0.05, 0) is 36.2 Å². The van der Waals surface area contributed by atoms with Gasteiger partial charge in [-0.25, -0.2) is 8.42 Å². The summed E-state index contributed by atoms with van der Waals surface area (Å²) in [5.74, 6) is 1.45. The molecule has 0 atom stereocenters. The van der Waals surface area contributed by atoms with Crippen molar-refractivity contribution in [3.8, 4) is 11.5 Å². The zero-order chi connectivity index (χ0) is 19.3. The molecule has 1 aliphatic heterocycles. The number of ether oxygens (including phenoxy) is 2. The topological polar surface area (TPSA) is 59.1 Å². The zero-order valence-electron chi connectivity index (χ0n) is 15.8. The molecule has 0 N–H and O–H groups in total. The van der Waals surface area contributed by atoms with Gasteiger partial charge in [-0.3, -0.25) is 0 Å². The molecule has 3 rings (SSSR count). The van der Waals surface area contributed by atoms with Crippen LogP contribution in [0.5, 0.6) is 11.5 Å². The second-order valence-electron chi connectivity index (χ2n) is 6.50. The van der Waals surface area contributed by atoms with Gasteiger partial charge in [0.2, 0.25) is 10.0 Å². The Morgan fingerprint density at radius 3 is 2.19 bits per heavy atom. The molecule has 1 fully saturated rings. The van der Waals surface area contributed by atoms with E-state index in [9.17, 15) is 8.42 Å². The van der Waals surface area contributed by atoms with Gasteiger partial charge in [0.15, 0.2) is 11.5 Å². The van der Waals surface area contributed by atoms with Gasteiger partial charge in [-0.1, -0.05) is 24.3 Å². The van der Waals surface area contributed by atoms with Gasteiger partial charge in [0, 0.05) is 32.7 Å². The van der Waals surface area contributed by atoms with E-state index in [0.29, 0.717) is 18.0 Å². The molecule has 1 saturated heterocycles. The lowest BCUT2D eigenvalue weighted by atomic mass is 10.1. The van der Waals surface area contributed by atoms with Gasteiger partial charge in [0.25, 0.3) is 0 Å². The third kappa shape index (κ3) is 4.61. The fraction of sp³-hybridized carbons (Fsp3) is 0.400. The zero-order valence-corrected chi connectivity index (χ0v) is 16.6. The van der Waals surface area contributed by atoms with E-state index >= 15 is 0 Å². The van der Waals surface area contributed by atoms with Gasteiger partial charge < -0.3 is 14.4 Å². The van der Waals surface area contributed by atoms with Crippen LogP contribution in [0.15, 0.2) is 53.4 Å². The number of sulfonamides is 1. The second kappa shape index (κ2) is 8.73. The molecule has 0 spiro atoms. The Morgan fingerprint density at radius 2 is 1.56 bits per heavy atom. The number of methoxy groups -OCH3 is 2. The van der Waals surface area contributed by atoms with Crippen molar-refractivity contribution in [1.82, 2.24) is 9.21 Å². The maximum Gasteiger partial charge on any atom is 0.243 e. The minimum Gasteiger partial charge on any atom is -0.493 e. The fourth-order valence-electron chi connectivity index (χ4n) is 3.26. The first kappa shape index (κ1) is 19.7. The SMILES string of the molecule is COc1ccc(CCN2CCN(S(=O)(=O)c3ccccc3)CC2)cc1OC. The summed E-state index contributed by atoms with van der Waals surface area (Å²) in [5, 5.41) is 0. The van der Waals surface area contributed by atoms with Crippen molar-refractivity contribution in [2.75, 3.05) is 46.9 Å². The van der Waals surface area contributed by atoms with E-state index < -0.39 is 10.0 Å². The maximum absolute atomic E-state index is 12.7. The fourth-order valence-corrected chi connectivity index (χ4v) is 4.70. The van der Waals surface area contributed by atoms with Gasteiger partial charge >= 0.3 is 0 Å². The average molecular weight is 391 g/mol. The lowest BCUT2D eigenvalue weighted by molar-refractivity contribution is 0.190. The highest BCUT2D eigenvalue weighted by Crippen LogP contribution is 2.27. The van der Waals surface area contributed by atoms with Crippen LogP contribution in [-0.2, 0) is 16.4 Å². The van der Waals surface area contributed by atoms with Crippen LogP contribution < -0.4 is 9.47 Å². The molecule has 1 aliphatic rings. The summed E-state index contributed by atoms with van der Waals surface area (Å²) >= 11 is 0. The Kier molecular flexibility index (Phi) is 6.36. The Hall–Kier alpha value is -2.09. The Balaban J connectivity index is 1.54. The predicted octanol–water partition coefficient (Wildman–Crippen LogP) is 2.25. The molecule has 0 unspecified atom stereocenters. The van der Waals surface area contributed by atoms with Crippen molar-refractivity contribution in [2.24, 2.45) is 0 Å². The van der Waals surface area contributed by atoms with Gasteiger partial charge in [0.05, 0.1) is 19.1 Å². The predicted molar refractivity (Wildman–Crippen MR) is 105 cm³/mol. The first-order chi connectivity index (χ1) is 13.0. The molecular weight excluding hydrogens is 364 g/mol. The normalized spacial score (nSPS) is 16.2. The molecule has 0 saturated carbocycles. The van der Waals surface area contributed by atoms with Crippen molar-refractivity contribution < 1.29 is 17.9 Å². The minimum absolute atomic E-state index is 0.365. The summed E-state index contributed by atoms with van der Waals surface area (Å²) in [6.45, 7) is 3.39. The Labute approximate surface area is 161 Å². The number of hydrogen-bond acceptors (Lipinski definition) is 5. The standard InChI is InChI=1S/C20H26N2O4S/c1-25-19-9-8-17(16-20(19)26-2)10-11-21-12-14-22(15-13-21)27(23,24)18-6-4-3-5-7-18/h3-9,16H,10-15H2,1-2H3. The lowest BCUT2D eigenvalue weighted by Crippen LogP contribution is -2.48. The number of piperazine rings is 1. The molecule has 0 radical (unpaired) electrons.